The van der Waals surface area contributed by atoms with Gasteiger partial charge in [0, 0.05) is 49.7 Å². The van der Waals surface area contributed by atoms with Crippen LogP contribution in [0.2, 0.25) is 0 Å². The Kier molecular flexibility index (Phi) is 5.00. The lowest BCUT2D eigenvalue weighted by Crippen LogP contribution is -2.47. The number of carbonyl (C=O) groups is 1. The van der Waals surface area contributed by atoms with E-state index in [0.717, 1.165) is 50.5 Å². The summed E-state index contributed by atoms with van der Waals surface area (Å²) in [5.41, 5.74) is 3.20. The Morgan fingerprint density at radius 1 is 1.05 bits per heavy atom. The van der Waals surface area contributed by atoms with E-state index in [1.54, 1.807) is 0 Å². The van der Waals surface area contributed by atoms with Gasteiger partial charge in [-0.1, -0.05) is 6.92 Å². The summed E-state index contributed by atoms with van der Waals surface area (Å²) >= 11 is 0. The molecule has 0 aliphatic carbocycles. The maximum atomic E-state index is 12.5. The number of nitrogens with zero attached hydrogens (tertiary/aromatic N) is 3. The van der Waals surface area contributed by atoms with Crippen LogP contribution in [0.4, 0.5) is 0 Å². The van der Waals surface area contributed by atoms with Crippen molar-refractivity contribution in [2.24, 2.45) is 0 Å². The highest BCUT2D eigenvalue weighted by molar-refractivity contribution is 5.99. The first-order valence-corrected chi connectivity index (χ1v) is 7.71. The first-order chi connectivity index (χ1) is 9.56. The number of piperazine rings is 1. The van der Waals surface area contributed by atoms with Gasteiger partial charge in [0.25, 0.3) is 0 Å². The minimum absolute atomic E-state index is 0.266. The zero-order valence-electron chi connectivity index (χ0n) is 13.3. The molecule has 112 valence electrons. The Labute approximate surface area is 122 Å². The number of rotatable bonds is 5. The molecule has 20 heavy (non-hydrogen) atoms. The Hall–Kier alpha value is -1.13. The van der Waals surface area contributed by atoms with E-state index in [4.69, 9.17) is 0 Å². The van der Waals surface area contributed by atoms with Gasteiger partial charge in [-0.2, -0.15) is 0 Å². The lowest BCUT2D eigenvalue weighted by molar-refractivity contribution is 0.0858. The molecule has 4 heteroatoms. The third kappa shape index (κ3) is 3.13. The molecule has 0 unspecified atom stereocenters. The van der Waals surface area contributed by atoms with Gasteiger partial charge in [-0.3, -0.25) is 9.69 Å². The molecule has 2 heterocycles. The lowest BCUT2D eigenvalue weighted by atomic mass is 10.1. The standard InChI is InChI=1S/C16H27N3O/c1-5-17-7-9-18(10-8-17)12-16(20)15-11-13(3)19(6-2)14(15)4/h11H,5-10,12H2,1-4H3. The van der Waals surface area contributed by atoms with Crippen LogP contribution < -0.4 is 0 Å². The average Bonchev–Trinajstić information content (AvgIpc) is 2.74. The molecule has 0 N–H and O–H groups in total. The van der Waals surface area contributed by atoms with Crippen molar-refractivity contribution in [2.45, 2.75) is 34.2 Å². The Morgan fingerprint density at radius 3 is 2.15 bits per heavy atom. The normalized spacial score (nSPS) is 17.6. The summed E-state index contributed by atoms with van der Waals surface area (Å²) in [6.45, 7) is 15.2. The van der Waals surface area contributed by atoms with Gasteiger partial charge >= 0.3 is 0 Å². The molecular formula is C16H27N3O. The molecule has 1 fully saturated rings. The Bertz CT molecular complexity index is 470. The van der Waals surface area contributed by atoms with Crippen LogP contribution in [-0.4, -0.2) is 59.4 Å². The van der Waals surface area contributed by atoms with E-state index in [1.807, 2.05) is 6.07 Å². The molecule has 1 saturated heterocycles. The highest BCUT2D eigenvalue weighted by atomic mass is 16.1. The summed E-state index contributed by atoms with van der Waals surface area (Å²) in [7, 11) is 0. The Morgan fingerprint density at radius 2 is 1.65 bits per heavy atom. The highest BCUT2D eigenvalue weighted by Crippen LogP contribution is 2.16. The molecule has 2 rings (SSSR count). The molecule has 0 amide bonds. The summed E-state index contributed by atoms with van der Waals surface area (Å²) in [6.07, 6.45) is 0. The van der Waals surface area contributed by atoms with Crippen molar-refractivity contribution in [3.8, 4) is 0 Å². The zero-order valence-corrected chi connectivity index (χ0v) is 13.3. The topological polar surface area (TPSA) is 28.5 Å². The van der Waals surface area contributed by atoms with Crippen LogP contribution in [0, 0.1) is 13.8 Å². The average molecular weight is 277 g/mol. The van der Waals surface area contributed by atoms with Crippen molar-refractivity contribution in [3.05, 3.63) is 23.0 Å². The van der Waals surface area contributed by atoms with Crippen molar-refractivity contribution >= 4 is 5.78 Å². The van der Waals surface area contributed by atoms with Crippen molar-refractivity contribution in [1.29, 1.82) is 0 Å². The van der Waals surface area contributed by atoms with Crippen LogP contribution in [0.1, 0.15) is 35.6 Å². The van der Waals surface area contributed by atoms with Crippen molar-refractivity contribution in [2.75, 3.05) is 39.3 Å². The van der Waals surface area contributed by atoms with Crippen molar-refractivity contribution < 1.29 is 4.79 Å². The molecular weight excluding hydrogens is 250 g/mol. The van der Waals surface area contributed by atoms with Gasteiger partial charge in [0.15, 0.2) is 5.78 Å². The molecule has 1 aromatic heterocycles. The third-order valence-electron chi connectivity index (χ3n) is 4.47. The predicted octanol–water partition coefficient (Wildman–Crippen LogP) is 1.95. The van der Waals surface area contributed by atoms with Crippen LogP contribution in [-0.2, 0) is 6.54 Å². The predicted molar refractivity (Wildman–Crippen MR) is 82.5 cm³/mol. The number of carbonyl (C=O) groups excluding carboxylic acids is 1. The second-order valence-corrected chi connectivity index (χ2v) is 5.66. The minimum Gasteiger partial charge on any atom is -0.349 e. The van der Waals surface area contributed by atoms with E-state index in [0.29, 0.717) is 6.54 Å². The van der Waals surface area contributed by atoms with Crippen LogP contribution in [0.15, 0.2) is 6.07 Å². The number of hydrogen-bond acceptors (Lipinski definition) is 3. The van der Waals surface area contributed by atoms with E-state index in [9.17, 15) is 4.79 Å². The van der Waals surface area contributed by atoms with Gasteiger partial charge in [0.2, 0.25) is 0 Å². The van der Waals surface area contributed by atoms with E-state index >= 15 is 0 Å². The summed E-state index contributed by atoms with van der Waals surface area (Å²) in [5.74, 6) is 0.266. The molecule has 0 radical (unpaired) electrons. The highest BCUT2D eigenvalue weighted by Gasteiger charge is 2.21. The monoisotopic (exact) mass is 277 g/mol. The molecule has 0 spiro atoms. The van der Waals surface area contributed by atoms with Crippen molar-refractivity contribution in [1.82, 2.24) is 14.4 Å². The van der Waals surface area contributed by atoms with Crippen molar-refractivity contribution in [3.63, 3.8) is 0 Å². The molecule has 0 saturated carbocycles. The third-order valence-corrected chi connectivity index (χ3v) is 4.47. The van der Waals surface area contributed by atoms with E-state index in [2.05, 4.69) is 42.1 Å². The summed E-state index contributed by atoms with van der Waals surface area (Å²) in [4.78, 5) is 17.2. The zero-order chi connectivity index (χ0) is 14.7. The van der Waals surface area contributed by atoms with Crippen LogP contribution in [0.5, 0.6) is 0 Å². The first kappa shape index (κ1) is 15.3. The van der Waals surface area contributed by atoms with Gasteiger partial charge in [0.05, 0.1) is 6.54 Å². The molecule has 0 atom stereocenters. The van der Waals surface area contributed by atoms with E-state index in [-0.39, 0.29) is 5.78 Å². The summed E-state index contributed by atoms with van der Waals surface area (Å²) < 4.78 is 2.21. The lowest BCUT2D eigenvalue weighted by Gasteiger charge is -2.33. The number of ketones is 1. The molecule has 1 aliphatic rings. The van der Waals surface area contributed by atoms with E-state index < -0.39 is 0 Å². The van der Waals surface area contributed by atoms with Crippen LogP contribution in [0.25, 0.3) is 0 Å². The first-order valence-electron chi connectivity index (χ1n) is 7.71. The molecule has 1 aromatic rings. The smallest absolute Gasteiger partial charge is 0.178 e. The Balaban J connectivity index is 1.99. The minimum atomic E-state index is 0.266. The molecule has 0 bridgehead atoms. The van der Waals surface area contributed by atoms with Crippen LogP contribution in [0.3, 0.4) is 0 Å². The number of Topliss-reactive ketones (excluding diaryl/α,β-unsaturated/α-hetero) is 1. The maximum Gasteiger partial charge on any atom is 0.178 e. The largest absolute Gasteiger partial charge is 0.349 e. The van der Waals surface area contributed by atoms with Gasteiger partial charge in [0.1, 0.15) is 0 Å². The fraction of sp³-hybridized carbons (Fsp3) is 0.688. The number of likely N-dealkylation sites (N-methyl/N-ethyl adjacent to an activating group) is 1. The summed E-state index contributed by atoms with van der Waals surface area (Å²) in [5, 5.41) is 0. The second kappa shape index (κ2) is 6.55. The fourth-order valence-corrected chi connectivity index (χ4v) is 3.12. The fourth-order valence-electron chi connectivity index (χ4n) is 3.12. The molecule has 1 aliphatic heterocycles. The van der Waals surface area contributed by atoms with Gasteiger partial charge in [-0.25, -0.2) is 0 Å². The second-order valence-electron chi connectivity index (χ2n) is 5.66. The van der Waals surface area contributed by atoms with E-state index in [1.165, 1.54) is 5.69 Å². The maximum absolute atomic E-state index is 12.5. The van der Waals surface area contributed by atoms with Crippen LogP contribution >= 0.6 is 0 Å². The SMILES string of the molecule is CCN1CCN(CC(=O)c2cc(C)n(CC)c2C)CC1. The quantitative estimate of drug-likeness (QED) is 0.770. The van der Waals surface area contributed by atoms with Gasteiger partial charge < -0.3 is 9.47 Å². The number of hydrogen-bond donors (Lipinski definition) is 0. The van der Waals surface area contributed by atoms with Gasteiger partial charge in [-0.15, -0.1) is 0 Å². The number of aromatic nitrogens is 1. The van der Waals surface area contributed by atoms with Gasteiger partial charge in [-0.05, 0) is 33.4 Å². The molecule has 0 aromatic carbocycles. The number of aryl methyl sites for hydroxylation is 1. The molecule has 4 nitrogen and oxygen atoms in total. The summed E-state index contributed by atoms with van der Waals surface area (Å²) in [6, 6.07) is 2.05.